The van der Waals surface area contributed by atoms with Crippen molar-refractivity contribution >= 4 is 65.6 Å². The Morgan fingerprint density at radius 3 is 0.884 bits per heavy atom. The van der Waals surface area contributed by atoms with Crippen LogP contribution < -0.4 is 56.4 Å². The first kappa shape index (κ1) is 94.7. The number of hydrogen-bond acceptors (Lipinski definition) is 28. The number of unbranched alkanes of at least 4 members (excludes halogenated alkanes) is 1. The molecule has 5 N–H and O–H groups in total. The average Bonchev–Trinajstić information content (AvgIpc) is 0.799. The van der Waals surface area contributed by atoms with Crippen molar-refractivity contribution in [2.24, 2.45) is 0 Å². The van der Waals surface area contributed by atoms with Gasteiger partial charge in [-0.3, -0.25) is 63.1 Å². The number of aromatic nitrogens is 12. The Hall–Kier alpha value is -14.9. The average molecular weight is 1960 g/mol. The van der Waals surface area contributed by atoms with Crippen LogP contribution in [0, 0.1) is 0 Å². The van der Waals surface area contributed by atoms with Crippen LogP contribution in [0.5, 0.6) is 57.5 Å². The minimum atomic E-state index is -0.222. The Bertz CT molecular complexity index is 7970. The van der Waals surface area contributed by atoms with E-state index in [1.54, 1.807) is 24.5 Å². The number of piperidine rings is 1. The molecule has 146 heavy (non-hydrogen) atoms. The van der Waals surface area contributed by atoms with Crippen molar-refractivity contribution in [3.05, 3.63) is 280 Å². The summed E-state index contributed by atoms with van der Waals surface area (Å²) in [5, 5.41) is 41.8. The fraction of sp³-hybridized carbons (Fsp3) is 0.336. The molecule has 0 spiro atoms. The van der Waals surface area contributed by atoms with Gasteiger partial charge in [0.1, 0.15) is 91.7 Å². The summed E-state index contributed by atoms with van der Waals surface area (Å²) in [5.41, 5.74) is 13.5. The third kappa shape index (κ3) is 19.8. The second kappa shape index (κ2) is 41.7. The molecule has 6 saturated heterocycles. The highest BCUT2D eigenvalue weighted by molar-refractivity contribution is 6.06. The van der Waals surface area contributed by atoms with E-state index in [0.717, 1.165) is 267 Å². The summed E-state index contributed by atoms with van der Waals surface area (Å²) in [5.74, 6) is 8.35. The molecule has 0 saturated carbocycles. The lowest BCUT2D eigenvalue weighted by atomic mass is 9.98. The second-order valence-corrected chi connectivity index (χ2v) is 39.8. The zero-order valence-corrected chi connectivity index (χ0v) is 82.3. The van der Waals surface area contributed by atoms with Crippen molar-refractivity contribution in [2.45, 2.75) is 98.1 Å². The molecule has 33 nitrogen and oxygen atoms in total. The molecule has 16 aromatic rings. The summed E-state index contributed by atoms with van der Waals surface area (Å²) >= 11 is 0. The molecule has 33 heteroatoms. The summed E-state index contributed by atoms with van der Waals surface area (Å²) in [6, 6.07) is 61.2. The van der Waals surface area contributed by atoms with Crippen molar-refractivity contribution in [1.29, 1.82) is 0 Å². The van der Waals surface area contributed by atoms with Gasteiger partial charge in [0.25, 0.3) is 27.8 Å². The maximum Gasteiger partial charge on any atom is 0.272 e. The minimum absolute atomic E-state index is 0.184. The molecular weight excluding hydrogens is 1840 g/mol. The standard InChI is InChI=1S/C25H29N5O2.C23H20N6O2.C23H26N4O2.C22H24N4O2.C20H17N3O3/c31-25-19-4-3-5-22-23(19)24(26-27-25)20-16-18(6-7-21(20)32-22)17-30-14-12-29(13-15-30)11-10-28-8-1-2-9-28;30-22-16-3-1-4-19-20(16)21(26-27-22)17-13-15(5-6-18(17)31-19)14-28-9-11-29(12-10-28)23-24-7-2-8-25-23;1-2-3-9-26-10-12-27(13-11-26)15-16-7-8-19-18(14-16)22-21-17(23(28)25-24-22)5-4-6-20(21)29-19;1-14(2)26-10-8-25(9-11-26)13-15-6-7-18-17(12-15)21-20-16(22(27)24-23-21)4-3-5-19(20)28-18;24-13-3-2-8-23(11-13)10-12-6-7-16-15(9-12)19-18-14(20(25)22-21-19)4-1-5-17(18)26-16/h3-7,16H,1-2,8-15,17H2,(H,27,31);1-8,13H,9-12,14H2,(H,27,30);4-8,14H,2-3,9-13,15H2,1H3,(H,25,28);3-7,12,14H,8-11,13H2,1-2H3,(H,24,27);1,4-7,9H,2-3,8,10-11H2,(H,22,25). The van der Waals surface area contributed by atoms with Crippen LogP contribution in [0.1, 0.15) is 87.1 Å². The molecule has 744 valence electrons. The summed E-state index contributed by atoms with van der Waals surface area (Å²) in [6.45, 7) is 35.7. The quantitative estimate of drug-likeness (QED) is 0.0533. The van der Waals surface area contributed by atoms with E-state index >= 15 is 0 Å². The van der Waals surface area contributed by atoms with Crippen LogP contribution >= 0.6 is 0 Å². The number of carbonyl (C=O) groups excluding carboxylic acids is 1. The number of fused-ring (bicyclic) bond motifs is 10. The molecule has 0 aliphatic carbocycles. The zero-order chi connectivity index (χ0) is 99.0. The van der Waals surface area contributed by atoms with Gasteiger partial charge in [0.05, 0.1) is 60.4 Å². The highest BCUT2D eigenvalue weighted by Gasteiger charge is 2.34. The molecule has 6 aromatic heterocycles. The number of Topliss-reactive ketones (excluding diaryl/α,β-unsaturated/α-hetero) is 1. The smallest absolute Gasteiger partial charge is 0.272 e. The SMILES string of the molecule is CC(C)N1CCN(Cc2ccc3c(c2)-c2n[nH]c(=O)c4cccc(c24)O3)CC1.CCCCN1CCN(Cc2ccc3c(c2)-c2n[nH]c(=O)c4cccc(c24)O3)CC1.O=C1CCCN(Cc2ccc3c(c2)-c2n[nH]c(=O)c4cccc(c24)O3)C1.O=c1[nH]nc2c3c(cccc13)Oc1ccc(CN3CCN(CCN4CCCC4)CC3)cc1-2.O=c1[nH]nc2c3c(cccc13)Oc1ccc(CN3CCN(c4ncccn4)CC3)cc1-2. The van der Waals surface area contributed by atoms with Gasteiger partial charge in [-0.15, -0.1) is 0 Å². The number of piperazine rings is 4. The van der Waals surface area contributed by atoms with Crippen LogP contribution in [0.3, 0.4) is 0 Å². The van der Waals surface area contributed by atoms with E-state index in [4.69, 9.17) is 23.7 Å². The van der Waals surface area contributed by atoms with Crippen LogP contribution in [0.4, 0.5) is 5.95 Å². The highest BCUT2D eigenvalue weighted by Crippen LogP contribution is 2.51. The predicted molar refractivity (Wildman–Crippen MR) is 564 cm³/mol. The first-order chi connectivity index (χ1) is 71.5. The van der Waals surface area contributed by atoms with Crippen LogP contribution in [-0.4, -0.2) is 267 Å². The van der Waals surface area contributed by atoms with Gasteiger partial charge in [0.2, 0.25) is 5.95 Å². The van der Waals surface area contributed by atoms with Crippen molar-refractivity contribution < 1.29 is 28.5 Å². The van der Waals surface area contributed by atoms with Gasteiger partial charge < -0.3 is 38.4 Å². The van der Waals surface area contributed by atoms with Crippen molar-refractivity contribution in [3.8, 4) is 114 Å². The molecule has 0 unspecified atom stereocenters. The summed E-state index contributed by atoms with van der Waals surface area (Å²) in [6.07, 6.45) is 10.4. The van der Waals surface area contributed by atoms with Crippen LogP contribution in [0.2, 0.25) is 0 Å². The monoisotopic (exact) mass is 1960 g/mol. The number of ketones is 1. The molecule has 0 atom stereocenters. The number of carbonyl (C=O) groups is 1. The number of anilines is 1. The van der Waals surface area contributed by atoms with E-state index in [1.807, 2.05) is 127 Å². The van der Waals surface area contributed by atoms with Gasteiger partial charge in [0.15, 0.2) is 0 Å². The van der Waals surface area contributed by atoms with Crippen LogP contribution in [0.25, 0.3) is 110 Å². The lowest BCUT2D eigenvalue weighted by molar-refractivity contribution is -0.122. The Labute approximate surface area is 841 Å². The molecule has 0 bridgehead atoms. The first-order valence-corrected chi connectivity index (χ1v) is 51.2. The number of nitrogens with one attached hydrogen (secondary N) is 5. The van der Waals surface area contributed by atoms with E-state index in [0.29, 0.717) is 87.0 Å². The van der Waals surface area contributed by atoms with Gasteiger partial charge in [0, 0.05) is 203 Å². The fourth-order valence-corrected chi connectivity index (χ4v) is 22.0. The van der Waals surface area contributed by atoms with Crippen molar-refractivity contribution in [3.63, 3.8) is 0 Å². The number of nitrogens with zero attached hydrogens (tertiary/aromatic N) is 17. The van der Waals surface area contributed by atoms with Crippen molar-refractivity contribution in [2.75, 3.05) is 155 Å². The Kier molecular flexibility index (Phi) is 27.0. The Morgan fingerprint density at radius 2 is 0.575 bits per heavy atom. The summed E-state index contributed by atoms with van der Waals surface area (Å²) < 4.78 is 30.4. The molecule has 0 amide bonds. The largest absolute Gasteiger partial charge is 0.456 e. The molecule has 11 aliphatic rings. The molecule has 10 aromatic carbocycles. The van der Waals surface area contributed by atoms with E-state index in [9.17, 15) is 28.8 Å². The lowest BCUT2D eigenvalue weighted by Crippen LogP contribution is -2.48. The zero-order valence-electron chi connectivity index (χ0n) is 82.3. The van der Waals surface area contributed by atoms with Crippen molar-refractivity contribution in [1.82, 2.24) is 105 Å². The van der Waals surface area contributed by atoms with Gasteiger partial charge >= 0.3 is 0 Å². The molecular formula is C113H116N22O11. The number of likely N-dealkylation sites (tertiary alicyclic amines) is 2. The molecule has 17 heterocycles. The van der Waals surface area contributed by atoms with Gasteiger partial charge in [-0.25, -0.2) is 35.5 Å². The van der Waals surface area contributed by atoms with Gasteiger partial charge in [-0.1, -0.05) is 74.0 Å². The van der Waals surface area contributed by atoms with Crippen LogP contribution in [-0.2, 0) is 37.5 Å². The summed E-state index contributed by atoms with van der Waals surface area (Å²) in [7, 11) is 0. The number of ether oxygens (including phenoxy) is 5. The van der Waals surface area contributed by atoms with Crippen LogP contribution in [0.15, 0.2) is 224 Å². The molecule has 11 aliphatic heterocycles. The number of benzene rings is 10. The maximum absolute atomic E-state index is 12.2. The Morgan fingerprint density at radius 1 is 0.295 bits per heavy atom. The van der Waals surface area contributed by atoms with E-state index < -0.39 is 0 Å². The molecule has 0 radical (unpaired) electrons. The minimum Gasteiger partial charge on any atom is -0.456 e. The lowest BCUT2D eigenvalue weighted by Gasteiger charge is -2.37. The Balaban J connectivity index is 0.000000101. The first-order valence-electron chi connectivity index (χ1n) is 51.2. The number of rotatable bonds is 18. The maximum atomic E-state index is 12.2. The molecule has 27 rings (SSSR count). The van der Waals surface area contributed by atoms with Gasteiger partial charge in [-0.05, 0) is 221 Å². The highest BCUT2D eigenvalue weighted by atomic mass is 16.5. The van der Waals surface area contributed by atoms with E-state index in [-0.39, 0.29) is 27.8 Å². The summed E-state index contributed by atoms with van der Waals surface area (Å²) in [4.78, 5) is 106. The number of aromatic amines is 5. The van der Waals surface area contributed by atoms with Gasteiger partial charge in [-0.2, -0.15) is 25.5 Å². The third-order valence-corrected chi connectivity index (χ3v) is 29.9. The fourth-order valence-electron chi connectivity index (χ4n) is 22.0. The second-order valence-electron chi connectivity index (χ2n) is 39.8. The van der Waals surface area contributed by atoms with E-state index in [2.05, 4.69) is 179 Å². The molecule has 6 fully saturated rings. The number of H-pyrrole nitrogens is 5. The topological polar surface area (TPSA) is 350 Å². The normalized spacial score (nSPS) is 17.0. The third-order valence-electron chi connectivity index (χ3n) is 29.9. The van der Waals surface area contributed by atoms with E-state index in [1.165, 1.54) is 80.7 Å². The number of hydrogen-bond donors (Lipinski definition) is 5. The predicted octanol–water partition coefficient (Wildman–Crippen LogP) is 15.4.